The third kappa shape index (κ3) is 2.16. The van der Waals surface area contributed by atoms with Crippen LogP contribution in [0.1, 0.15) is 0 Å². The molecule has 0 bridgehead atoms. The Morgan fingerprint density at radius 1 is 1.07 bits per heavy atom. The number of rotatable bonds is 1. The molecule has 0 spiro atoms. The Morgan fingerprint density at radius 2 is 1.80 bits per heavy atom. The summed E-state index contributed by atoms with van der Waals surface area (Å²) in [6.45, 7) is 0. The van der Waals surface area contributed by atoms with Gasteiger partial charge in [0.2, 0.25) is 0 Å². The second-order valence-corrected chi connectivity index (χ2v) is 4.41. The number of phenols is 1. The highest BCUT2D eigenvalue weighted by atomic mass is 79.9. The summed E-state index contributed by atoms with van der Waals surface area (Å²) in [5.74, 6) is 0.228. The molecule has 0 atom stereocenters. The van der Waals surface area contributed by atoms with Gasteiger partial charge >= 0.3 is 0 Å². The SMILES string of the molecule is Oc1ccc(-c2ccccc2Cl)cc1Br. The molecule has 1 nitrogen and oxygen atoms in total. The molecule has 0 saturated carbocycles. The minimum atomic E-state index is 0.228. The predicted molar refractivity (Wildman–Crippen MR) is 66.3 cm³/mol. The third-order valence-electron chi connectivity index (χ3n) is 2.13. The number of phenolic OH excluding ortho intramolecular Hbond substituents is 1. The van der Waals surface area contributed by atoms with Crippen molar-refractivity contribution < 1.29 is 5.11 Å². The molecule has 0 heterocycles. The monoisotopic (exact) mass is 282 g/mol. The van der Waals surface area contributed by atoms with Gasteiger partial charge in [0.25, 0.3) is 0 Å². The molecule has 1 N–H and O–H groups in total. The van der Waals surface area contributed by atoms with E-state index in [1.165, 1.54) is 0 Å². The molecule has 0 saturated heterocycles. The molecule has 76 valence electrons. The zero-order valence-electron chi connectivity index (χ0n) is 7.74. The Kier molecular flexibility index (Phi) is 2.98. The summed E-state index contributed by atoms with van der Waals surface area (Å²) in [5, 5.41) is 10.1. The fraction of sp³-hybridized carbons (Fsp3) is 0. The Labute approximate surface area is 101 Å². The van der Waals surface area contributed by atoms with Crippen LogP contribution in [-0.2, 0) is 0 Å². The van der Waals surface area contributed by atoms with E-state index in [0.717, 1.165) is 11.1 Å². The van der Waals surface area contributed by atoms with E-state index in [4.69, 9.17) is 11.6 Å². The smallest absolute Gasteiger partial charge is 0.129 e. The van der Waals surface area contributed by atoms with Crippen molar-refractivity contribution in [3.8, 4) is 16.9 Å². The third-order valence-corrected chi connectivity index (χ3v) is 3.10. The fourth-order valence-electron chi connectivity index (χ4n) is 1.37. The summed E-state index contributed by atoms with van der Waals surface area (Å²) in [6, 6.07) is 12.9. The topological polar surface area (TPSA) is 20.2 Å². The van der Waals surface area contributed by atoms with Gasteiger partial charge in [0, 0.05) is 10.6 Å². The predicted octanol–water partition coefficient (Wildman–Crippen LogP) is 4.48. The number of halogens is 2. The van der Waals surface area contributed by atoms with Gasteiger partial charge in [-0.1, -0.05) is 35.9 Å². The van der Waals surface area contributed by atoms with E-state index in [-0.39, 0.29) is 5.75 Å². The van der Waals surface area contributed by atoms with Crippen molar-refractivity contribution >= 4 is 27.5 Å². The van der Waals surface area contributed by atoms with Crippen LogP contribution in [0.4, 0.5) is 0 Å². The molecule has 0 aliphatic heterocycles. The van der Waals surface area contributed by atoms with Gasteiger partial charge in [-0.05, 0) is 39.7 Å². The summed E-state index contributed by atoms with van der Waals surface area (Å²) < 4.78 is 0.667. The summed E-state index contributed by atoms with van der Waals surface area (Å²) in [7, 11) is 0. The zero-order valence-corrected chi connectivity index (χ0v) is 10.1. The maximum atomic E-state index is 9.38. The molecule has 0 unspecified atom stereocenters. The van der Waals surface area contributed by atoms with E-state index < -0.39 is 0 Å². The summed E-state index contributed by atoms with van der Waals surface area (Å²) >= 11 is 9.35. The van der Waals surface area contributed by atoms with Crippen LogP contribution in [0, 0.1) is 0 Å². The van der Waals surface area contributed by atoms with E-state index in [2.05, 4.69) is 15.9 Å². The van der Waals surface area contributed by atoms with Crippen molar-refractivity contribution in [2.45, 2.75) is 0 Å². The molecule has 2 aromatic rings. The van der Waals surface area contributed by atoms with Gasteiger partial charge in [0.15, 0.2) is 0 Å². The van der Waals surface area contributed by atoms with Crippen molar-refractivity contribution in [2.24, 2.45) is 0 Å². The Morgan fingerprint density at radius 3 is 2.47 bits per heavy atom. The fourth-order valence-corrected chi connectivity index (χ4v) is 1.99. The van der Waals surface area contributed by atoms with Crippen LogP contribution in [-0.4, -0.2) is 5.11 Å². The summed E-state index contributed by atoms with van der Waals surface area (Å²) in [6.07, 6.45) is 0. The van der Waals surface area contributed by atoms with Crippen LogP contribution in [0.25, 0.3) is 11.1 Å². The van der Waals surface area contributed by atoms with Gasteiger partial charge in [-0.2, -0.15) is 0 Å². The maximum absolute atomic E-state index is 9.38. The lowest BCUT2D eigenvalue weighted by molar-refractivity contribution is 0.472. The lowest BCUT2D eigenvalue weighted by atomic mass is 10.1. The van der Waals surface area contributed by atoms with E-state index in [1.54, 1.807) is 6.07 Å². The molecule has 2 rings (SSSR count). The summed E-state index contributed by atoms with van der Waals surface area (Å²) in [5.41, 5.74) is 1.94. The van der Waals surface area contributed by atoms with Crippen molar-refractivity contribution in [1.82, 2.24) is 0 Å². The zero-order chi connectivity index (χ0) is 10.8. The van der Waals surface area contributed by atoms with Crippen molar-refractivity contribution in [3.05, 3.63) is 52.0 Å². The molecule has 0 aliphatic rings. The maximum Gasteiger partial charge on any atom is 0.129 e. The van der Waals surface area contributed by atoms with Crippen molar-refractivity contribution in [1.29, 1.82) is 0 Å². The molecule has 2 aromatic carbocycles. The van der Waals surface area contributed by atoms with E-state index in [1.807, 2.05) is 36.4 Å². The van der Waals surface area contributed by atoms with E-state index in [0.29, 0.717) is 9.50 Å². The van der Waals surface area contributed by atoms with Gasteiger partial charge in [-0.15, -0.1) is 0 Å². The lowest BCUT2D eigenvalue weighted by Gasteiger charge is -2.05. The van der Waals surface area contributed by atoms with Crippen LogP contribution < -0.4 is 0 Å². The first kappa shape index (κ1) is 10.5. The van der Waals surface area contributed by atoms with Crippen LogP contribution in [0.5, 0.6) is 5.75 Å². The van der Waals surface area contributed by atoms with E-state index in [9.17, 15) is 5.11 Å². The Bertz CT molecular complexity index is 497. The molecule has 3 heteroatoms. The van der Waals surface area contributed by atoms with Gasteiger partial charge < -0.3 is 5.11 Å². The number of aromatic hydroxyl groups is 1. The highest BCUT2D eigenvalue weighted by Gasteiger charge is 2.04. The van der Waals surface area contributed by atoms with Crippen LogP contribution in [0.2, 0.25) is 5.02 Å². The van der Waals surface area contributed by atoms with Gasteiger partial charge in [0.05, 0.1) is 4.47 Å². The average molecular weight is 284 g/mol. The molecule has 0 amide bonds. The molecular weight excluding hydrogens is 275 g/mol. The minimum absolute atomic E-state index is 0.228. The van der Waals surface area contributed by atoms with Crippen LogP contribution in [0.3, 0.4) is 0 Å². The standard InChI is InChI=1S/C12H8BrClO/c13-10-7-8(5-6-12(10)15)9-3-1-2-4-11(9)14/h1-7,15H. The van der Waals surface area contributed by atoms with Gasteiger partial charge in [-0.3, -0.25) is 0 Å². The molecule has 0 aromatic heterocycles. The molecule has 0 fully saturated rings. The molecule has 0 aliphatic carbocycles. The molecular formula is C12H8BrClO. The van der Waals surface area contributed by atoms with Crippen LogP contribution in [0.15, 0.2) is 46.9 Å². The lowest BCUT2D eigenvalue weighted by Crippen LogP contribution is -1.79. The molecule has 15 heavy (non-hydrogen) atoms. The number of hydrogen-bond acceptors (Lipinski definition) is 1. The first-order chi connectivity index (χ1) is 7.18. The highest BCUT2D eigenvalue weighted by molar-refractivity contribution is 9.10. The number of benzene rings is 2. The van der Waals surface area contributed by atoms with Crippen LogP contribution >= 0.6 is 27.5 Å². The second-order valence-electron chi connectivity index (χ2n) is 3.15. The Balaban J connectivity index is 2.55. The first-order valence-corrected chi connectivity index (χ1v) is 5.59. The van der Waals surface area contributed by atoms with Gasteiger partial charge in [-0.25, -0.2) is 0 Å². The Hall–Kier alpha value is -0.990. The quantitative estimate of drug-likeness (QED) is 0.818. The van der Waals surface area contributed by atoms with Crippen molar-refractivity contribution in [3.63, 3.8) is 0 Å². The molecule has 0 radical (unpaired) electrons. The first-order valence-electron chi connectivity index (χ1n) is 4.42. The van der Waals surface area contributed by atoms with E-state index >= 15 is 0 Å². The highest BCUT2D eigenvalue weighted by Crippen LogP contribution is 2.32. The minimum Gasteiger partial charge on any atom is -0.507 e. The van der Waals surface area contributed by atoms with Crippen molar-refractivity contribution in [2.75, 3.05) is 0 Å². The van der Waals surface area contributed by atoms with Gasteiger partial charge in [0.1, 0.15) is 5.75 Å². The summed E-state index contributed by atoms with van der Waals surface area (Å²) in [4.78, 5) is 0. The second kappa shape index (κ2) is 4.25. The normalized spacial score (nSPS) is 10.3. The average Bonchev–Trinajstić information content (AvgIpc) is 2.23. The largest absolute Gasteiger partial charge is 0.507 e. The number of hydrogen-bond donors (Lipinski definition) is 1.